The van der Waals surface area contributed by atoms with Crippen molar-refractivity contribution in [2.75, 3.05) is 19.3 Å². The average Bonchev–Trinajstić information content (AvgIpc) is 2.75. The minimum absolute atomic E-state index is 0.175. The lowest BCUT2D eigenvalue weighted by Gasteiger charge is -2.24. The molecule has 1 unspecified atom stereocenters. The van der Waals surface area contributed by atoms with Gasteiger partial charge in [-0.3, -0.25) is 4.79 Å². The highest BCUT2D eigenvalue weighted by molar-refractivity contribution is 7.90. The molecule has 19 heavy (non-hydrogen) atoms. The molecule has 1 aromatic rings. The molecular formula is C13H18N2O3S. The minimum Gasteiger partial charge on any atom is -0.346 e. The number of hydrogen-bond donors (Lipinski definition) is 2. The molecule has 1 aromatic carbocycles. The van der Waals surface area contributed by atoms with Gasteiger partial charge in [0, 0.05) is 18.4 Å². The fourth-order valence-electron chi connectivity index (χ4n) is 2.12. The zero-order chi connectivity index (χ0) is 14.1. The van der Waals surface area contributed by atoms with Gasteiger partial charge in [-0.25, -0.2) is 8.42 Å². The van der Waals surface area contributed by atoms with E-state index in [2.05, 4.69) is 10.6 Å². The third-order valence-electron chi connectivity index (χ3n) is 3.33. The number of nitrogens with one attached hydrogen (secondary N) is 2. The molecule has 1 fully saturated rings. The monoisotopic (exact) mass is 282 g/mol. The van der Waals surface area contributed by atoms with E-state index in [1.165, 1.54) is 24.3 Å². The third-order valence-corrected chi connectivity index (χ3v) is 4.46. The van der Waals surface area contributed by atoms with Crippen LogP contribution in [0.15, 0.2) is 29.2 Å². The maximum absolute atomic E-state index is 12.1. The Hall–Kier alpha value is -1.40. The summed E-state index contributed by atoms with van der Waals surface area (Å²) in [5.41, 5.74) is 0.243. The van der Waals surface area contributed by atoms with Crippen LogP contribution in [0.1, 0.15) is 23.7 Å². The maximum Gasteiger partial charge on any atom is 0.251 e. The number of carbonyl (C=O) groups excluding carboxylic acids is 1. The fraction of sp³-hybridized carbons (Fsp3) is 0.462. The standard InChI is InChI=1S/C13H18N2O3S/c1-13(7-8-14-9-13)15-12(16)10-3-5-11(6-4-10)19(2,17)18/h3-6,14H,7-9H2,1-2H3,(H,15,16). The van der Waals surface area contributed by atoms with Gasteiger partial charge in [0.2, 0.25) is 0 Å². The summed E-state index contributed by atoms with van der Waals surface area (Å²) >= 11 is 0. The topological polar surface area (TPSA) is 75.3 Å². The highest BCUT2D eigenvalue weighted by Gasteiger charge is 2.30. The molecular weight excluding hydrogens is 264 g/mol. The Morgan fingerprint density at radius 1 is 1.32 bits per heavy atom. The van der Waals surface area contributed by atoms with Crippen molar-refractivity contribution in [3.05, 3.63) is 29.8 Å². The quantitative estimate of drug-likeness (QED) is 0.850. The highest BCUT2D eigenvalue weighted by Crippen LogP contribution is 2.15. The summed E-state index contributed by atoms with van der Waals surface area (Å²) < 4.78 is 22.7. The number of amides is 1. The largest absolute Gasteiger partial charge is 0.346 e. The molecule has 6 heteroatoms. The second-order valence-electron chi connectivity index (χ2n) is 5.24. The van der Waals surface area contributed by atoms with Gasteiger partial charge in [-0.15, -0.1) is 0 Å². The van der Waals surface area contributed by atoms with Crippen molar-refractivity contribution in [3.63, 3.8) is 0 Å². The molecule has 1 atom stereocenters. The van der Waals surface area contributed by atoms with Crippen LogP contribution in [-0.4, -0.2) is 39.2 Å². The lowest BCUT2D eigenvalue weighted by atomic mass is 10.0. The van der Waals surface area contributed by atoms with E-state index in [1.54, 1.807) is 0 Å². The van der Waals surface area contributed by atoms with E-state index < -0.39 is 9.84 Å². The van der Waals surface area contributed by atoms with Crippen LogP contribution < -0.4 is 10.6 Å². The first-order valence-electron chi connectivity index (χ1n) is 6.14. The molecule has 0 saturated carbocycles. The van der Waals surface area contributed by atoms with E-state index in [0.717, 1.165) is 25.8 Å². The normalized spacial score (nSPS) is 23.3. The Labute approximate surface area is 113 Å². The number of rotatable bonds is 3. The van der Waals surface area contributed by atoms with E-state index in [-0.39, 0.29) is 16.3 Å². The molecule has 0 bridgehead atoms. The Morgan fingerprint density at radius 2 is 1.95 bits per heavy atom. The maximum atomic E-state index is 12.1. The fourth-order valence-corrected chi connectivity index (χ4v) is 2.75. The lowest BCUT2D eigenvalue weighted by molar-refractivity contribution is 0.0913. The third kappa shape index (κ3) is 3.33. The van der Waals surface area contributed by atoms with Crippen LogP contribution in [0.2, 0.25) is 0 Å². The molecule has 0 spiro atoms. The van der Waals surface area contributed by atoms with Gasteiger partial charge < -0.3 is 10.6 Å². The zero-order valence-corrected chi connectivity index (χ0v) is 11.9. The van der Waals surface area contributed by atoms with Crippen LogP contribution in [0.4, 0.5) is 0 Å². The van der Waals surface area contributed by atoms with Crippen LogP contribution >= 0.6 is 0 Å². The van der Waals surface area contributed by atoms with Crippen LogP contribution in [0.25, 0.3) is 0 Å². The van der Waals surface area contributed by atoms with Gasteiger partial charge in [0.25, 0.3) is 5.91 Å². The predicted octanol–water partition coefficient (Wildman–Crippen LogP) is 0.572. The molecule has 0 aromatic heterocycles. The van der Waals surface area contributed by atoms with Crippen molar-refractivity contribution in [2.24, 2.45) is 0 Å². The van der Waals surface area contributed by atoms with E-state index in [9.17, 15) is 13.2 Å². The number of hydrogen-bond acceptors (Lipinski definition) is 4. The summed E-state index contributed by atoms with van der Waals surface area (Å²) in [6.45, 7) is 3.64. The molecule has 1 heterocycles. The van der Waals surface area contributed by atoms with Crippen molar-refractivity contribution in [3.8, 4) is 0 Å². The van der Waals surface area contributed by atoms with Gasteiger partial charge in [0.05, 0.1) is 10.4 Å². The van der Waals surface area contributed by atoms with Crippen molar-refractivity contribution < 1.29 is 13.2 Å². The van der Waals surface area contributed by atoms with Gasteiger partial charge >= 0.3 is 0 Å². The molecule has 2 rings (SSSR count). The first-order chi connectivity index (χ1) is 8.80. The number of benzene rings is 1. The molecule has 0 radical (unpaired) electrons. The first kappa shape index (κ1) is 14.0. The molecule has 1 amide bonds. The summed E-state index contributed by atoms with van der Waals surface area (Å²) in [6, 6.07) is 5.99. The Balaban J connectivity index is 2.12. The second kappa shape index (κ2) is 4.94. The summed E-state index contributed by atoms with van der Waals surface area (Å²) in [5, 5.41) is 6.18. The lowest BCUT2D eigenvalue weighted by Crippen LogP contribution is -2.47. The van der Waals surface area contributed by atoms with Crippen molar-refractivity contribution in [1.82, 2.24) is 10.6 Å². The zero-order valence-electron chi connectivity index (χ0n) is 11.1. The van der Waals surface area contributed by atoms with Crippen molar-refractivity contribution >= 4 is 15.7 Å². The van der Waals surface area contributed by atoms with E-state index in [4.69, 9.17) is 0 Å². The first-order valence-corrected chi connectivity index (χ1v) is 8.03. The molecule has 0 aliphatic carbocycles. The van der Waals surface area contributed by atoms with E-state index >= 15 is 0 Å². The van der Waals surface area contributed by atoms with Gasteiger partial charge in [0.15, 0.2) is 9.84 Å². The Morgan fingerprint density at radius 3 is 2.42 bits per heavy atom. The summed E-state index contributed by atoms with van der Waals surface area (Å²) in [6.07, 6.45) is 2.04. The molecule has 1 aliphatic rings. The smallest absolute Gasteiger partial charge is 0.251 e. The summed E-state index contributed by atoms with van der Waals surface area (Å²) in [5.74, 6) is -0.175. The summed E-state index contributed by atoms with van der Waals surface area (Å²) in [4.78, 5) is 12.3. The summed E-state index contributed by atoms with van der Waals surface area (Å²) in [7, 11) is -3.22. The number of sulfone groups is 1. The van der Waals surface area contributed by atoms with Crippen molar-refractivity contribution in [2.45, 2.75) is 23.8 Å². The number of carbonyl (C=O) groups is 1. The van der Waals surface area contributed by atoms with E-state index in [1.807, 2.05) is 6.92 Å². The molecule has 5 nitrogen and oxygen atoms in total. The second-order valence-corrected chi connectivity index (χ2v) is 7.25. The minimum atomic E-state index is -3.22. The molecule has 104 valence electrons. The van der Waals surface area contributed by atoms with Crippen LogP contribution in [-0.2, 0) is 9.84 Å². The SMILES string of the molecule is CC1(NC(=O)c2ccc(S(C)(=O)=O)cc2)CCNC1. The average molecular weight is 282 g/mol. The molecule has 1 saturated heterocycles. The molecule has 2 N–H and O–H groups in total. The van der Waals surface area contributed by atoms with Gasteiger partial charge in [-0.1, -0.05) is 0 Å². The molecule has 1 aliphatic heterocycles. The Bertz CT molecular complexity index is 572. The van der Waals surface area contributed by atoms with Crippen LogP contribution in [0, 0.1) is 0 Å². The van der Waals surface area contributed by atoms with Crippen molar-refractivity contribution in [1.29, 1.82) is 0 Å². The van der Waals surface area contributed by atoms with Gasteiger partial charge in [0.1, 0.15) is 0 Å². The Kier molecular flexibility index (Phi) is 3.64. The highest BCUT2D eigenvalue weighted by atomic mass is 32.2. The van der Waals surface area contributed by atoms with Gasteiger partial charge in [-0.2, -0.15) is 0 Å². The van der Waals surface area contributed by atoms with Gasteiger partial charge in [-0.05, 0) is 44.2 Å². The predicted molar refractivity (Wildman–Crippen MR) is 72.9 cm³/mol. The van der Waals surface area contributed by atoms with Crippen LogP contribution in [0.3, 0.4) is 0 Å². The van der Waals surface area contributed by atoms with Crippen LogP contribution in [0.5, 0.6) is 0 Å². The van der Waals surface area contributed by atoms with E-state index in [0.29, 0.717) is 5.56 Å².